The van der Waals surface area contributed by atoms with Crippen LogP contribution >= 0.6 is 11.3 Å². The maximum atomic E-state index is 6.47. The summed E-state index contributed by atoms with van der Waals surface area (Å²) in [6, 6.07) is 9.08. The Bertz CT molecular complexity index is 936. The van der Waals surface area contributed by atoms with Crippen LogP contribution in [-0.4, -0.2) is 46.9 Å². The van der Waals surface area contributed by atoms with Crippen molar-refractivity contribution in [2.75, 3.05) is 26.3 Å². The Labute approximate surface area is 169 Å². The van der Waals surface area contributed by atoms with Gasteiger partial charge >= 0.3 is 0 Å². The van der Waals surface area contributed by atoms with Gasteiger partial charge in [-0.2, -0.15) is 0 Å². The summed E-state index contributed by atoms with van der Waals surface area (Å²) in [5, 5.41) is 2.37. The van der Waals surface area contributed by atoms with E-state index in [0.717, 1.165) is 62.9 Å². The summed E-state index contributed by atoms with van der Waals surface area (Å²) in [5.74, 6) is 1.02. The van der Waals surface area contributed by atoms with Gasteiger partial charge in [-0.3, -0.25) is 4.90 Å². The van der Waals surface area contributed by atoms with E-state index in [1.165, 1.54) is 15.8 Å². The van der Waals surface area contributed by atoms with Crippen LogP contribution in [0.3, 0.4) is 0 Å². The molecule has 1 aromatic carbocycles. The first-order chi connectivity index (χ1) is 13.8. The average molecular weight is 398 g/mol. The molecule has 4 heterocycles. The normalized spacial score (nSPS) is 21.5. The van der Waals surface area contributed by atoms with Crippen molar-refractivity contribution in [1.82, 2.24) is 14.5 Å². The summed E-state index contributed by atoms with van der Waals surface area (Å²) in [6.45, 7) is 6.92. The van der Waals surface area contributed by atoms with Crippen LogP contribution < -0.4 is 4.74 Å². The number of piperidine rings is 1. The molecule has 5 rings (SSSR count). The smallest absolute Gasteiger partial charge is 0.129 e. The fourth-order valence-corrected chi connectivity index (χ4v) is 5.22. The number of hydrogen-bond acceptors (Lipinski definition) is 5. The van der Waals surface area contributed by atoms with E-state index >= 15 is 0 Å². The van der Waals surface area contributed by atoms with E-state index in [1.54, 1.807) is 11.3 Å². The lowest BCUT2D eigenvalue weighted by atomic mass is 10.1. The minimum Gasteiger partial charge on any atom is -0.490 e. The van der Waals surface area contributed by atoms with Gasteiger partial charge in [0.15, 0.2) is 0 Å². The molecule has 0 spiro atoms. The van der Waals surface area contributed by atoms with Crippen LogP contribution in [0.4, 0.5) is 0 Å². The predicted octanol–water partition coefficient (Wildman–Crippen LogP) is 4.41. The van der Waals surface area contributed by atoms with Gasteiger partial charge in [0.25, 0.3) is 0 Å². The molecule has 2 aliphatic heterocycles. The zero-order valence-electron chi connectivity index (χ0n) is 16.3. The van der Waals surface area contributed by atoms with Gasteiger partial charge in [-0.05, 0) is 44.4 Å². The molecule has 2 saturated heterocycles. The maximum Gasteiger partial charge on any atom is 0.129 e. The molecule has 0 radical (unpaired) electrons. The number of ether oxygens (including phenoxy) is 2. The molecule has 5 nitrogen and oxygen atoms in total. The Morgan fingerprint density at radius 2 is 2.11 bits per heavy atom. The number of aromatic nitrogens is 2. The summed E-state index contributed by atoms with van der Waals surface area (Å²) < 4.78 is 14.4. The van der Waals surface area contributed by atoms with Crippen LogP contribution in [0.25, 0.3) is 10.9 Å². The minimum absolute atomic E-state index is 0.295. The van der Waals surface area contributed by atoms with Crippen molar-refractivity contribution in [2.45, 2.75) is 44.9 Å². The number of aryl methyl sites for hydroxylation is 1. The van der Waals surface area contributed by atoms with Gasteiger partial charge in [0.2, 0.25) is 0 Å². The Morgan fingerprint density at radius 1 is 1.21 bits per heavy atom. The predicted molar refractivity (Wildman–Crippen MR) is 112 cm³/mol. The summed E-state index contributed by atoms with van der Waals surface area (Å²) in [4.78, 5) is 8.25. The first-order valence-electron chi connectivity index (χ1n) is 10.2. The molecule has 148 valence electrons. The van der Waals surface area contributed by atoms with Crippen LogP contribution in [0, 0.1) is 6.92 Å². The number of hydrogen-bond donors (Lipinski definition) is 0. The van der Waals surface area contributed by atoms with E-state index in [1.807, 2.05) is 6.20 Å². The topological polar surface area (TPSA) is 39.5 Å². The Morgan fingerprint density at radius 3 is 2.86 bits per heavy atom. The fraction of sp³-hybridized carbons (Fsp3) is 0.500. The molecule has 0 bridgehead atoms. The molecule has 1 unspecified atom stereocenters. The van der Waals surface area contributed by atoms with Gasteiger partial charge < -0.3 is 14.0 Å². The van der Waals surface area contributed by atoms with E-state index in [9.17, 15) is 0 Å². The van der Waals surface area contributed by atoms with Gasteiger partial charge in [0, 0.05) is 48.9 Å². The lowest BCUT2D eigenvalue weighted by molar-refractivity contribution is 0.0985. The molecule has 0 saturated carbocycles. The Hall–Kier alpha value is -1.89. The highest BCUT2D eigenvalue weighted by molar-refractivity contribution is 7.11. The highest BCUT2D eigenvalue weighted by Gasteiger charge is 2.23. The van der Waals surface area contributed by atoms with Crippen molar-refractivity contribution >= 4 is 22.2 Å². The number of benzene rings is 1. The van der Waals surface area contributed by atoms with Crippen molar-refractivity contribution in [1.29, 1.82) is 0 Å². The third-order valence-corrected chi connectivity index (χ3v) is 6.80. The van der Waals surface area contributed by atoms with E-state index < -0.39 is 0 Å². The SMILES string of the molecule is Cc1ncc(CN2CCC(Oc3cccc4c3ccn4C3CCOC3)CC2)s1. The average Bonchev–Trinajstić information content (AvgIpc) is 3.44. The molecule has 1 atom stereocenters. The second-order valence-electron chi connectivity index (χ2n) is 7.87. The van der Waals surface area contributed by atoms with Crippen molar-refractivity contribution in [2.24, 2.45) is 0 Å². The van der Waals surface area contributed by atoms with Gasteiger partial charge in [0.1, 0.15) is 11.9 Å². The summed E-state index contributed by atoms with van der Waals surface area (Å²) in [5.41, 5.74) is 1.26. The maximum absolute atomic E-state index is 6.47. The second-order valence-corrected chi connectivity index (χ2v) is 9.19. The molecule has 2 aliphatic rings. The lowest BCUT2D eigenvalue weighted by Gasteiger charge is -2.31. The van der Waals surface area contributed by atoms with Crippen molar-refractivity contribution in [3.05, 3.63) is 46.5 Å². The molecule has 0 N–H and O–H groups in total. The second kappa shape index (κ2) is 7.85. The third-order valence-electron chi connectivity index (χ3n) is 5.90. The van der Waals surface area contributed by atoms with Crippen LogP contribution in [0.2, 0.25) is 0 Å². The van der Waals surface area contributed by atoms with Crippen molar-refractivity contribution in [3.63, 3.8) is 0 Å². The zero-order chi connectivity index (χ0) is 18.9. The first-order valence-corrected chi connectivity index (χ1v) is 11.1. The molecule has 28 heavy (non-hydrogen) atoms. The molecule has 3 aromatic rings. The number of thiazole rings is 1. The van der Waals surface area contributed by atoms with Gasteiger partial charge in [-0.15, -0.1) is 11.3 Å². The highest BCUT2D eigenvalue weighted by atomic mass is 32.1. The van der Waals surface area contributed by atoms with E-state index in [4.69, 9.17) is 9.47 Å². The number of rotatable bonds is 5. The van der Waals surface area contributed by atoms with E-state index in [-0.39, 0.29) is 0 Å². The first kappa shape index (κ1) is 18.2. The Balaban J connectivity index is 1.24. The molecule has 0 aliphatic carbocycles. The third kappa shape index (κ3) is 3.69. The largest absolute Gasteiger partial charge is 0.490 e. The Kier molecular flexibility index (Phi) is 5.09. The van der Waals surface area contributed by atoms with Gasteiger partial charge in [-0.1, -0.05) is 6.07 Å². The fourth-order valence-electron chi connectivity index (χ4n) is 4.39. The quantitative estimate of drug-likeness (QED) is 0.639. The molecule has 0 amide bonds. The molecular weight excluding hydrogens is 370 g/mol. The lowest BCUT2D eigenvalue weighted by Crippen LogP contribution is -2.37. The molecular formula is C22H27N3O2S. The monoisotopic (exact) mass is 397 g/mol. The van der Waals surface area contributed by atoms with Gasteiger partial charge in [-0.25, -0.2) is 4.98 Å². The van der Waals surface area contributed by atoms with E-state index in [0.29, 0.717) is 12.1 Å². The van der Waals surface area contributed by atoms with Crippen LogP contribution in [-0.2, 0) is 11.3 Å². The highest BCUT2D eigenvalue weighted by Crippen LogP contribution is 2.32. The molecule has 2 aromatic heterocycles. The van der Waals surface area contributed by atoms with E-state index in [2.05, 4.69) is 51.8 Å². The van der Waals surface area contributed by atoms with Crippen molar-refractivity contribution in [3.8, 4) is 5.75 Å². The summed E-state index contributed by atoms with van der Waals surface area (Å²) in [7, 11) is 0. The van der Waals surface area contributed by atoms with Crippen LogP contribution in [0.15, 0.2) is 36.7 Å². The van der Waals surface area contributed by atoms with Crippen LogP contribution in [0.1, 0.15) is 35.2 Å². The van der Waals surface area contributed by atoms with Gasteiger partial charge in [0.05, 0.1) is 23.2 Å². The zero-order valence-corrected chi connectivity index (χ0v) is 17.2. The minimum atomic E-state index is 0.295. The number of likely N-dealkylation sites (tertiary alicyclic amines) is 1. The summed E-state index contributed by atoms with van der Waals surface area (Å²) >= 11 is 1.80. The molecule has 2 fully saturated rings. The summed E-state index contributed by atoms with van der Waals surface area (Å²) in [6.07, 6.45) is 7.74. The number of nitrogens with zero attached hydrogens (tertiary/aromatic N) is 3. The standard InChI is InChI=1S/C22H27N3O2S/c1-16-23-13-19(28-16)14-24-9-5-18(6-10-24)27-22-4-2-3-21-20(22)7-11-25(21)17-8-12-26-15-17/h2-4,7,11,13,17-18H,5-6,8-10,12,14-15H2,1H3. The van der Waals surface area contributed by atoms with Crippen LogP contribution in [0.5, 0.6) is 5.75 Å². The number of fused-ring (bicyclic) bond motifs is 1. The van der Waals surface area contributed by atoms with Crippen molar-refractivity contribution < 1.29 is 9.47 Å². The molecule has 6 heteroatoms.